The predicted octanol–water partition coefficient (Wildman–Crippen LogP) is 3.59. The fourth-order valence-electron chi connectivity index (χ4n) is 1.93. The monoisotopic (exact) mass is 310 g/mol. The van der Waals surface area contributed by atoms with Crippen LogP contribution in [0, 0.1) is 17.5 Å². The Morgan fingerprint density at radius 2 is 1.81 bits per heavy atom. The molecular weight excluding hydrogens is 301 g/mol. The Bertz CT molecular complexity index is 723. The second-order valence-electron chi connectivity index (χ2n) is 4.35. The standard InChI is InChI=1S/C14H9F3N2OS/c15-7-5-6-9(12(17)11(7)16)19-14-13(20)18-8-3-1-2-4-10(8)21-14/h1-6,14,19H,(H,18,20)/t14-/m1/s1. The molecule has 1 heterocycles. The summed E-state index contributed by atoms with van der Waals surface area (Å²) in [6.07, 6.45) is 0. The van der Waals surface area contributed by atoms with Crippen molar-refractivity contribution >= 4 is 29.0 Å². The molecule has 0 radical (unpaired) electrons. The molecule has 2 aromatic rings. The van der Waals surface area contributed by atoms with Crippen molar-refractivity contribution in [3.8, 4) is 0 Å². The van der Waals surface area contributed by atoms with Gasteiger partial charge in [-0.15, -0.1) is 0 Å². The molecule has 2 N–H and O–H groups in total. The molecule has 0 saturated heterocycles. The first-order chi connectivity index (χ1) is 10.1. The molecule has 0 aromatic heterocycles. The molecular formula is C14H9F3N2OS. The first-order valence-corrected chi connectivity index (χ1v) is 6.91. The van der Waals surface area contributed by atoms with Gasteiger partial charge in [-0.25, -0.2) is 13.2 Å². The molecule has 3 rings (SSSR count). The van der Waals surface area contributed by atoms with Crippen molar-refractivity contribution in [2.75, 3.05) is 10.6 Å². The minimum absolute atomic E-state index is 0.263. The summed E-state index contributed by atoms with van der Waals surface area (Å²) in [7, 11) is 0. The predicted molar refractivity (Wildman–Crippen MR) is 74.7 cm³/mol. The fraction of sp³-hybridized carbons (Fsp3) is 0.0714. The fourth-order valence-corrected chi connectivity index (χ4v) is 2.93. The second kappa shape index (κ2) is 5.33. The van der Waals surface area contributed by atoms with Gasteiger partial charge in [0.2, 0.25) is 0 Å². The molecule has 1 atom stereocenters. The van der Waals surface area contributed by atoms with Crippen LogP contribution in [0.5, 0.6) is 0 Å². The van der Waals surface area contributed by atoms with Crippen molar-refractivity contribution in [2.24, 2.45) is 0 Å². The van der Waals surface area contributed by atoms with Gasteiger partial charge < -0.3 is 10.6 Å². The highest BCUT2D eigenvalue weighted by Gasteiger charge is 2.28. The quantitative estimate of drug-likeness (QED) is 0.833. The molecule has 1 aliphatic heterocycles. The molecule has 21 heavy (non-hydrogen) atoms. The van der Waals surface area contributed by atoms with Crippen molar-refractivity contribution < 1.29 is 18.0 Å². The lowest BCUT2D eigenvalue weighted by Crippen LogP contribution is -2.35. The van der Waals surface area contributed by atoms with Crippen LogP contribution in [-0.4, -0.2) is 11.3 Å². The minimum atomic E-state index is -1.57. The average Bonchev–Trinajstić information content (AvgIpc) is 2.48. The Morgan fingerprint density at radius 3 is 2.62 bits per heavy atom. The van der Waals surface area contributed by atoms with Crippen LogP contribution in [-0.2, 0) is 4.79 Å². The molecule has 3 nitrogen and oxygen atoms in total. The van der Waals surface area contributed by atoms with E-state index in [1.165, 1.54) is 11.8 Å². The summed E-state index contributed by atoms with van der Waals surface area (Å²) in [6.45, 7) is 0. The second-order valence-corrected chi connectivity index (χ2v) is 5.50. The Labute approximate surface area is 122 Å². The van der Waals surface area contributed by atoms with E-state index in [1.807, 2.05) is 0 Å². The topological polar surface area (TPSA) is 41.1 Å². The Balaban J connectivity index is 1.86. The van der Waals surface area contributed by atoms with Crippen LogP contribution >= 0.6 is 11.8 Å². The molecule has 7 heteroatoms. The number of anilines is 2. The van der Waals surface area contributed by atoms with E-state index in [-0.39, 0.29) is 11.6 Å². The number of hydrogen-bond acceptors (Lipinski definition) is 3. The maximum atomic E-state index is 13.6. The van der Waals surface area contributed by atoms with E-state index in [0.29, 0.717) is 5.69 Å². The highest BCUT2D eigenvalue weighted by atomic mass is 32.2. The molecule has 0 bridgehead atoms. The summed E-state index contributed by atoms with van der Waals surface area (Å²) in [4.78, 5) is 12.7. The van der Waals surface area contributed by atoms with Crippen LogP contribution in [0.1, 0.15) is 0 Å². The Kier molecular flexibility index (Phi) is 3.50. The van der Waals surface area contributed by atoms with E-state index >= 15 is 0 Å². The molecule has 2 aromatic carbocycles. The van der Waals surface area contributed by atoms with Crippen molar-refractivity contribution in [1.29, 1.82) is 0 Å². The largest absolute Gasteiger partial charge is 0.363 e. The first kappa shape index (κ1) is 13.8. The maximum Gasteiger partial charge on any atom is 0.257 e. The van der Waals surface area contributed by atoms with Gasteiger partial charge in [0.15, 0.2) is 22.8 Å². The Morgan fingerprint density at radius 1 is 1.05 bits per heavy atom. The van der Waals surface area contributed by atoms with Crippen LogP contribution in [0.3, 0.4) is 0 Å². The highest BCUT2D eigenvalue weighted by Crippen LogP contribution is 2.36. The summed E-state index contributed by atoms with van der Waals surface area (Å²) in [5, 5.41) is 4.41. The van der Waals surface area contributed by atoms with Gasteiger partial charge >= 0.3 is 0 Å². The van der Waals surface area contributed by atoms with Crippen molar-refractivity contribution in [3.63, 3.8) is 0 Å². The number of para-hydroxylation sites is 1. The van der Waals surface area contributed by atoms with Gasteiger partial charge in [0.1, 0.15) is 0 Å². The summed E-state index contributed by atoms with van der Waals surface area (Å²) in [5.74, 6) is -4.57. The van der Waals surface area contributed by atoms with Gasteiger partial charge in [0.05, 0.1) is 11.4 Å². The van der Waals surface area contributed by atoms with Gasteiger partial charge in [-0.2, -0.15) is 0 Å². The average molecular weight is 310 g/mol. The Hall–Kier alpha value is -2.15. The number of hydrogen-bond donors (Lipinski definition) is 2. The van der Waals surface area contributed by atoms with Gasteiger partial charge in [-0.05, 0) is 24.3 Å². The van der Waals surface area contributed by atoms with E-state index < -0.39 is 22.8 Å². The summed E-state index contributed by atoms with van der Waals surface area (Å²) >= 11 is 1.17. The van der Waals surface area contributed by atoms with E-state index in [1.54, 1.807) is 24.3 Å². The van der Waals surface area contributed by atoms with Gasteiger partial charge in [-0.1, -0.05) is 23.9 Å². The normalized spacial score (nSPS) is 17.1. The van der Waals surface area contributed by atoms with Gasteiger partial charge in [0, 0.05) is 4.90 Å². The van der Waals surface area contributed by atoms with Crippen LogP contribution < -0.4 is 10.6 Å². The molecule has 0 spiro atoms. The van der Waals surface area contributed by atoms with E-state index in [9.17, 15) is 18.0 Å². The maximum absolute atomic E-state index is 13.6. The first-order valence-electron chi connectivity index (χ1n) is 6.03. The zero-order chi connectivity index (χ0) is 15.0. The summed E-state index contributed by atoms with van der Waals surface area (Å²) in [5.41, 5.74) is 0.400. The smallest absolute Gasteiger partial charge is 0.257 e. The lowest BCUT2D eigenvalue weighted by atomic mass is 10.2. The molecule has 1 amide bonds. The van der Waals surface area contributed by atoms with Crippen LogP contribution in [0.15, 0.2) is 41.3 Å². The molecule has 1 aliphatic rings. The number of carbonyl (C=O) groups excluding carboxylic acids is 1. The molecule has 0 fully saturated rings. The van der Waals surface area contributed by atoms with Crippen molar-refractivity contribution in [3.05, 3.63) is 53.8 Å². The molecule has 0 unspecified atom stereocenters. The van der Waals surface area contributed by atoms with Crippen LogP contribution in [0.25, 0.3) is 0 Å². The number of carbonyl (C=O) groups is 1. The van der Waals surface area contributed by atoms with Crippen LogP contribution in [0.4, 0.5) is 24.5 Å². The molecule has 108 valence electrons. The number of fused-ring (bicyclic) bond motifs is 1. The third-order valence-corrected chi connectivity index (χ3v) is 4.13. The van der Waals surface area contributed by atoms with E-state index in [4.69, 9.17) is 0 Å². The molecule has 0 saturated carbocycles. The minimum Gasteiger partial charge on any atom is -0.363 e. The molecule has 0 aliphatic carbocycles. The summed E-state index contributed by atoms with van der Waals surface area (Å²) < 4.78 is 39.7. The lowest BCUT2D eigenvalue weighted by Gasteiger charge is -2.25. The van der Waals surface area contributed by atoms with Crippen molar-refractivity contribution in [2.45, 2.75) is 10.3 Å². The van der Waals surface area contributed by atoms with E-state index in [0.717, 1.165) is 17.0 Å². The van der Waals surface area contributed by atoms with E-state index in [2.05, 4.69) is 10.6 Å². The number of halogens is 3. The zero-order valence-corrected chi connectivity index (χ0v) is 11.3. The van der Waals surface area contributed by atoms with Gasteiger partial charge in [-0.3, -0.25) is 4.79 Å². The third-order valence-electron chi connectivity index (χ3n) is 2.95. The number of thioether (sulfide) groups is 1. The number of rotatable bonds is 2. The zero-order valence-electron chi connectivity index (χ0n) is 10.5. The number of nitrogens with one attached hydrogen (secondary N) is 2. The van der Waals surface area contributed by atoms with Crippen molar-refractivity contribution in [1.82, 2.24) is 0 Å². The van der Waals surface area contributed by atoms with Crippen LogP contribution in [0.2, 0.25) is 0 Å². The number of benzene rings is 2. The lowest BCUT2D eigenvalue weighted by molar-refractivity contribution is -0.115. The number of amides is 1. The summed E-state index contributed by atoms with van der Waals surface area (Å²) in [6, 6.07) is 8.99. The van der Waals surface area contributed by atoms with Gasteiger partial charge in [0.25, 0.3) is 5.91 Å². The SMILES string of the molecule is O=C1Nc2ccccc2S[C@H]1Nc1ccc(F)c(F)c1F. The third kappa shape index (κ3) is 2.56. The highest BCUT2D eigenvalue weighted by molar-refractivity contribution is 8.01.